The second kappa shape index (κ2) is 29.2. The second-order valence-electron chi connectivity index (χ2n) is 19.3. The van der Waals surface area contributed by atoms with Crippen molar-refractivity contribution in [3.8, 4) is 23.0 Å². The topological polar surface area (TPSA) is 311 Å². The van der Waals surface area contributed by atoms with E-state index in [1.54, 1.807) is 103 Å². The SMILES string of the molecule is C.C.COc1cc([N+](=O)[O-])ccc1N=Nc1c(O)c(C(=O)Nc2ccc(C)cc2)cc2cc(C(=O)Nc3ccc(C)cc3)ccc12.COc1cc([N+](=O)[O-])ccc1N=Nc1c(O)c(C(=O)Nc2ccc(Cl)cc2)cc2cc(C(=O)Nc3ccc(Cl)cc3)ccc12. The molecule has 0 fully saturated rings. The Morgan fingerprint density at radius 3 is 1.08 bits per heavy atom. The van der Waals surface area contributed by atoms with Gasteiger partial charge in [0, 0.05) is 66.8 Å². The molecule has 0 aliphatic rings. The average molecular weight is 1250 g/mol. The highest BCUT2D eigenvalue weighted by molar-refractivity contribution is 6.31. The molecule has 0 aliphatic carbocycles. The van der Waals surface area contributed by atoms with E-state index in [9.17, 15) is 49.6 Å². The first kappa shape index (κ1) is 65.9. The number of phenols is 2. The molecule has 0 aromatic heterocycles. The maximum absolute atomic E-state index is 13.4. The molecule has 24 heteroatoms. The van der Waals surface area contributed by atoms with E-state index in [2.05, 4.69) is 41.7 Å². The van der Waals surface area contributed by atoms with E-state index in [1.807, 2.05) is 38.1 Å². The number of phenolic OH excluding ortho intramolecular Hbond substituents is 2. The van der Waals surface area contributed by atoms with E-state index in [0.717, 1.165) is 11.1 Å². The molecule has 0 saturated carbocycles. The van der Waals surface area contributed by atoms with Crippen LogP contribution in [0.1, 0.15) is 67.4 Å². The normalized spacial score (nSPS) is 10.7. The molecule has 0 unspecified atom stereocenters. The molecule has 456 valence electrons. The van der Waals surface area contributed by atoms with Crippen LogP contribution in [0.3, 0.4) is 0 Å². The third-order valence-corrected chi connectivity index (χ3v) is 13.8. The zero-order chi connectivity index (χ0) is 62.8. The van der Waals surface area contributed by atoms with Crippen LogP contribution in [0, 0.1) is 34.1 Å². The Hall–Kier alpha value is -11.6. The van der Waals surface area contributed by atoms with Gasteiger partial charge in [-0.1, -0.05) is 85.6 Å². The minimum Gasteiger partial charge on any atom is -0.505 e. The van der Waals surface area contributed by atoms with Crippen molar-refractivity contribution in [3.63, 3.8) is 0 Å². The number of nitrogens with zero attached hydrogens (tertiary/aromatic N) is 6. The summed E-state index contributed by atoms with van der Waals surface area (Å²) in [4.78, 5) is 74.1. The molecule has 0 bridgehead atoms. The number of hydrogen-bond acceptors (Lipinski definition) is 16. The van der Waals surface area contributed by atoms with Gasteiger partial charge in [0.1, 0.15) is 22.7 Å². The number of anilines is 4. The highest BCUT2D eigenvalue weighted by Crippen LogP contribution is 2.44. The van der Waals surface area contributed by atoms with E-state index in [4.69, 9.17) is 32.7 Å². The number of non-ortho nitro benzene ring substituents is 2. The molecule has 10 rings (SSSR count). The molecule has 6 N–H and O–H groups in total. The van der Waals surface area contributed by atoms with Crippen molar-refractivity contribution in [1.82, 2.24) is 0 Å². The Balaban J connectivity index is 0.000000250. The van der Waals surface area contributed by atoms with Gasteiger partial charge in [0.25, 0.3) is 35.0 Å². The molecule has 0 spiro atoms. The molecule has 0 radical (unpaired) electrons. The number of methoxy groups -OCH3 is 2. The number of nitrogens with one attached hydrogen (secondary N) is 4. The Bertz CT molecular complexity index is 4170. The first-order valence-electron chi connectivity index (χ1n) is 26.2. The fraction of sp³-hybridized carbons (Fsp3) is 0.0909. The largest absolute Gasteiger partial charge is 0.505 e. The van der Waals surface area contributed by atoms with Gasteiger partial charge in [0.15, 0.2) is 23.0 Å². The van der Waals surface area contributed by atoms with E-state index in [-0.39, 0.29) is 83.1 Å². The number of fused-ring (bicyclic) bond motifs is 2. The fourth-order valence-electron chi connectivity index (χ4n) is 8.66. The average Bonchev–Trinajstić information content (AvgIpc) is 0.869. The number of aromatic hydroxyl groups is 2. The molecule has 4 amide bonds. The first-order valence-corrected chi connectivity index (χ1v) is 27.0. The molecule has 90 heavy (non-hydrogen) atoms. The summed E-state index contributed by atoms with van der Waals surface area (Å²) in [5.74, 6) is -2.81. The minimum absolute atomic E-state index is 0. The molecule has 10 aromatic carbocycles. The van der Waals surface area contributed by atoms with Crippen molar-refractivity contribution in [3.05, 3.63) is 246 Å². The molecule has 0 saturated heterocycles. The molecule has 22 nitrogen and oxygen atoms in total. The monoisotopic (exact) mass is 1250 g/mol. The summed E-state index contributed by atoms with van der Waals surface area (Å²) in [6, 6.07) is 47.4. The quantitative estimate of drug-likeness (QED) is 0.0299. The smallest absolute Gasteiger partial charge is 0.273 e. The number of carbonyl (C=O) groups is 4. The van der Waals surface area contributed by atoms with Crippen LogP contribution >= 0.6 is 23.2 Å². The Kier molecular flexibility index (Phi) is 21.4. The highest BCUT2D eigenvalue weighted by Gasteiger charge is 2.23. The zero-order valence-corrected chi connectivity index (χ0v) is 48.2. The minimum atomic E-state index is -0.660. The molecule has 0 heterocycles. The van der Waals surface area contributed by atoms with E-state index in [0.29, 0.717) is 59.9 Å². The number of nitro groups is 2. The molecule has 0 atom stereocenters. The van der Waals surface area contributed by atoms with Gasteiger partial charge >= 0.3 is 0 Å². The van der Waals surface area contributed by atoms with Crippen molar-refractivity contribution in [2.75, 3.05) is 35.5 Å². The van der Waals surface area contributed by atoms with Crippen molar-refractivity contribution >= 4 is 125 Å². The summed E-state index contributed by atoms with van der Waals surface area (Å²) >= 11 is 11.9. The van der Waals surface area contributed by atoms with Crippen molar-refractivity contribution < 1.29 is 48.7 Å². The zero-order valence-electron chi connectivity index (χ0n) is 46.7. The van der Waals surface area contributed by atoms with E-state index < -0.39 is 39.1 Å². The fourth-order valence-corrected chi connectivity index (χ4v) is 8.91. The van der Waals surface area contributed by atoms with Gasteiger partial charge in [0.05, 0.1) is 47.3 Å². The van der Waals surface area contributed by atoms with Crippen LogP contribution in [0.25, 0.3) is 21.5 Å². The molecule has 0 aliphatic heterocycles. The summed E-state index contributed by atoms with van der Waals surface area (Å²) in [6.07, 6.45) is 0. The number of amides is 4. The van der Waals surface area contributed by atoms with E-state index in [1.165, 1.54) is 68.8 Å². The summed E-state index contributed by atoms with van der Waals surface area (Å²) in [7, 11) is 2.66. The standard InChI is InChI=1S/C33H27N5O6.C31H21Cl2N5O6.2CH4/c1-19-4-9-23(10-5-19)34-32(40)21-8-14-26-22(16-21)17-27(33(41)35-24-11-6-20(2)7-12-24)31(39)30(26)37-36-28-15-13-25(38(42)43)18-29(28)44-3;1-44-27-16-23(38(42)43)11-13-26(27)36-37-28-24-12-2-17(30(40)34-21-7-3-19(32)4-8-21)14-18(24)15-25(29(28)39)31(41)35-22-9-5-20(33)6-10-22;;/h4-18,39H,1-3H3,(H,34,40)(H,35,41);2-16,39H,1H3,(H,34,40)(H,35,41);2*1H4. The lowest BCUT2D eigenvalue weighted by Crippen LogP contribution is -2.13. The van der Waals surface area contributed by atoms with Crippen LogP contribution in [0.5, 0.6) is 23.0 Å². The second-order valence-corrected chi connectivity index (χ2v) is 20.2. The van der Waals surface area contributed by atoms with Gasteiger partial charge in [-0.25, -0.2) is 0 Å². The lowest BCUT2D eigenvalue weighted by atomic mass is 10.00. The molecular weight excluding hydrogens is 1200 g/mol. The van der Waals surface area contributed by atoms with E-state index >= 15 is 0 Å². The predicted octanol–water partition coefficient (Wildman–Crippen LogP) is 18.0. The number of carbonyl (C=O) groups excluding carboxylic acids is 4. The number of hydrogen-bond donors (Lipinski definition) is 6. The Labute approximate surface area is 524 Å². The highest BCUT2D eigenvalue weighted by atomic mass is 35.5. The number of ether oxygens (including phenoxy) is 2. The number of azo groups is 2. The predicted molar refractivity (Wildman–Crippen MR) is 349 cm³/mol. The number of benzene rings is 10. The number of halogens is 2. The number of aryl methyl sites for hydroxylation is 2. The van der Waals surface area contributed by atoms with Gasteiger partial charge < -0.3 is 41.0 Å². The number of nitro benzene ring substituents is 2. The summed E-state index contributed by atoms with van der Waals surface area (Å²) < 4.78 is 10.5. The van der Waals surface area contributed by atoms with Crippen LogP contribution < -0.4 is 30.7 Å². The lowest BCUT2D eigenvalue weighted by Gasteiger charge is -2.13. The van der Waals surface area contributed by atoms with Crippen LogP contribution in [0.4, 0.5) is 56.9 Å². The maximum atomic E-state index is 13.4. The van der Waals surface area contributed by atoms with Gasteiger partial charge in [0.2, 0.25) is 0 Å². The third kappa shape index (κ3) is 15.7. The van der Waals surface area contributed by atoms with Crippen molar-refractivity contribution in [2.24, 2.45) is 20.5 Å². The van der Waals surface area contributed by atoms with Crippen LogP contribution in [-0.4, -0.2) is 57.9 Å². The molecular formula is C66H56Cl2N10O12. The van der Waals surface area contributed by atoms with Gasteiger partial charge in [-0.05, 0) is 146 Å². The third-order valence-electron chi connectivity index (χ3n) is 13.3. The summed E-state index contributed by atoms with van der Waals surface area (Å²) in [6.45, 7) is 3.87. The molecule has 10 aromatic rings. The summed E-state index contributed by atoms with van der Waals surface area (Å²) in [5.41, 5.74) is 4.28. The maximum Gasteiger partial charge on any atom is 0.273 e. The first-order chi connectivity index (χ1) is 42.2. The van der Waals surface area contributed by atoms with Crippen molar-refractivity contribution in [2.45, 2.75) is 28.7 Å². The van der Waals surface area contributed by atoms with Crippen LogP contribution in [0.2, 0.25) is 10.0 Å². The Morgan fingerprint density at radius 1 is 0.433 bits per heavy atom. The van der Waals surface area contributed by atoms with Gasteiger partial charge in [-0.3, -0.25) is 39.4 Å². The van der Waals surface area contributed by atoms with Gasteiger partial charge in [-0.2, -0.15) is 0 Å². The van der Waals surface area contributed by atoms with Crippen molar-refractivity contribution in [1.29, 1.82) is 0 Å². The number of rotatable bonds is 16. The van der Waals surface area contributed by atoms with Crippen LogP contribution in [-0.2, 0) is 0 Å². The Morgan fingerprint density at radius 2 is 0.756 bits per heavy atom. The van der Waals surface area contributed by atoms with Crippen LogP contribution in [0.15, 0.2) is 202 Å². The van der Waals surface area contributed by atoms with Gasteiger partial charge in [-0.15, -0.1) is 20.5 Å². The lowest BCUT2D eigenvalue weighted by molar-refractivity contribution is -0.385. The summed E-state index contributed by atoms with van der Waals surface area (Å²) in [5, 5.41) is 75.4.